The standard InChI is InChI=1S/C19H25N3O3/c1-13-6-4-5-7-17(13)25-12-19(24)8-9-22(11-19)18(23)10-16-14(2)20-21-15(16)3/h4-7,24H,8-12H2,1-3H3,(H,20,21)/t19-/m1/s1. The fourth-order valence-corrected chi connectivity index (χ4v) is 3.22. The van der Waals surface area contributed by atoms with E-state index in [1.54, 1.807) is 4.90 Å². The molecular formula is C19H25N3O3. The Hall–Kier alpha value is -2.34. The minimum atomic E-state index is -1.00. The zero-order chi connectivity index (χ0) is 18.0. The quantitative estimate of drug-likeness (QED) is 0.869. The molecule has 2 aromatic rings. The van der Waals surface area contributed by atoms with Crippen LogP contribution in [-0.2, 0) is 11.2 Å². The second kappa shape index (κ2) is 6.88. The van der Waals surface area contributed by atoms with Crippen molar-refractivity contribution in [2.75, 3.05) is 19.7 Å². The van der Waals surface area contributed by atoms with Crippen LogP contribution in [0.5, 0.6) is 5.75 Å². The van der Waals surface area contributed by atoms with Gasteiger partial charge in [0.2, 0.25) is 5.91 Å². The highest BCUT2D eigenvalue weighted by Gasteiger charge is 2.39. The molecule has 1 amide bonds. The van der Waals surface area contributed by atoms with Crippen LogP contribution in [0, 0.1) is 20.8 Å². The smallest absolute Gasteiger partial charge is 0.227 e. The molecule has 0 radical (unpaired) electrons. The van der Waals surface area contributed by atoms with Crippen molar-refractivity contribution in [1.82, 2.24) is 15.1 Å². The molecule has 2 N–H and O–H groups in total. The van der Waals surface area contributed by atoms with E-state index in [1.807, 2.05) is 45.0 Å². The van der Waals surface area contributed by atoms with Gasteiger partial charge in [-0.15, -0.1) is 0 Å². The molecule has 1 aliphatic heterocycles. The number of aryl methyl sites for hydroxylation is 3. The maximum atomic E-state index is 12.6. The monoisotopic (exact) mass is 343 g/mol. The summed E-state index contributed by atoms with van der Waals surface area (Å²) >= 11 is 0. The lowest BCUT2D eigenvalue weighted by atomic mass is 10.1. The Morgan fingerprint density at radius 1 is 1.36 bits per heavy atom. The van der Waals surface area contributed by atoms with E-state index in [1.165, 1.54) is 0 Å². The number of carbonyl (C=O) groups excluding carboxylic acids is 1. The molecule has 1 atom stereocenters. The van der Waals surface area contributed by atoms with Crippen LogP contribution in [0.1, 0.15) is 28.9 Å². The van der Waals surface area contributed by atoms with Gasteiger partial charge >= 0.3 is 0 Å². The highest BCUT2D eigenvalue weighted by atomic mass is 16.5. The number of hydrogen-bond acceptors (Lipinski definition) is 4. The van der Waals surface area contributed by atoms with Crippen LogP contribution >= 0.6 is 0 Å². The van der Waals surface area contributed by atoms with Crippen molar-refractivity contribution in [3.05, 3.63) is 46.8 Å². The molecule has 2 heterocycles. The first-order valence-electron chi connectivity index (χ1n) is 8.57. The lowest BCUT2D eigenvalue weighted by Gasteiger charge is -2.24. The van der Waals surface area contributed by atoms with Crippen molar-refractivity contribution in [3.8, 4) is 5.75 Å². The molecule has 6 nitrogen and oxygen atoms in total. The number of β-amino-alcohol motifs (C(OH)–C–C–N with tert-alkyl or cyclic N) is 1. The molecule has 0 bridgehead atoms. The van der Waals surface area contributed by atoms with Crippen LogP contribution in [0.2, 0.25) is 0 Å². The zero-order valence-electron chi connectivity index (χ0n) is 15.0. The van der Waals surface area contributed by atoms with Gasteiger partial charge in [-0.05, 0) is 38.8 Å². The Morgan fingerprint density at radius 3 is 2.80 bits per heavy atom. The van der Waals surface area contributed by atoms with Crippen LogP contribution < -0.4 is 4.74 Å². The minimum absolute atomic E-state index is 0.0133. The van der Waals surface area contributed by atoms with E-state index < -0.39 is 5.60 Å². The molecule has 1 fully saturated rings. The van der Waals surface area contributed by atoms with Crippen molar-refractivity contribution in [3.63, 3.8) is 0 Å². The molecular weight excluding hydrogens is 318 g/mol. The van der Waals surface area contributed by atoms with Gasteiger partial charge < -0.3 is 14.7 Å². The summed E-state index contributed by atoms with van der Waals surface area (Å²) in [6.45, 7) is 6.81. The molecule has 0 unspecified atom stereocenters. The first kappa shape index (κ1) is 17.5. The summed E-state index contributed by atoms with van der Waals surface area (Å²) in [6.07, 6.45) is 0.830. The average Bonchev–Trinajstić information content (AvgIpc) is 3.12. The van der Waals surface area contributed by atoms with Crippen LogP contribution in [0.3, 0.4) is 0 Å². The van der Waals surface area contributed by atoms with E-state index in [9.17, 15) is 9.90 Å². The van der Waals surface area contributed by atoms with Crippen molar-refractivity contribution in [2.24, 2.45) is 0 Å². The topological polar surface area (TPSA) is 78.5 Å². The molecule has 134 valence electrons. The van der Waals surface area contributed by atoms with Gasteiger partial charge in [-0.3, -0.25) is 9.89 Å². The van der Waals surface area contributed by atoms with Gasteiger partial charge in [0.15, 0.2) is 0 Å². The number of amides is 1. The van der Waals surface area contributed by atoms with Crippen LogP contribution in [0.15, 0.2) is 24.3 Å². The number of aromatic nitrogens is 2. The van der Waals surface area contributed by atoms with E-state index in [0.717, 1.165) is 28.3 Å². The number of hydrogen-bond donors (Lipinski definition) is 2. The first-order valence-corrected chi connectivity index (χ1v) is 8.57. The predicted octanol–water partition coefficient (Wildman–Crippen LogP) is 1.92. The van der Waals surface area contributed by atoms with Gasteiger partial charge in [-0.2, -0.15) is 5.10 Å². The van der Waals surface area contributed by atoms with Crippen molar-refractivity contribution < 1.29 is 14.6 Å². The number of para-hydroxylation sites is 1. The first-order chi connectivity index (χ1) is 11.9. The Morgan fingerprint density at radius 2 is 2.12 bits per heavy atom. The van der Waals surface area contributed by atoms with E-state index in [2.05, 4.69) is 10.2 Å². The maximum absolute atomic E-state index is 12.6. The molecule has 0 aliphatic carbocycles. The second-order valence-electron chi connectivity index (χ2n) is 6.93. The number of ether oxygens (including phenoxy) is 1. The largest absolute Gasteiger partial charge is 0.490 e. The van der Waals surface area contributed by atoms with Gasteiger partial charge in [-0.25, -0.2) is 0 Å². The third-order valence-electron chi connectivity index (χ3n) is 4.88. The second-order valence-corrected chi connectivity index (χ2v) is 6.93. The summed E-state index contributed by atoms with van der Waals surface area (Å²) < 4.78 is 5.79. The molecule has 1 aromatic carbocycles. The van der Waals surface area contributed by atoms with Crippen molar-refractivity contribution in [1.29, 1.82) is 0 Å². The fourth-order valence-electron chi connectivity index (χ4n) is 3.22. The number of nitrogens with zero attached hydrogens (tertiary/aromatic N) is 2. The number of H-pyrrole nitrogens is 1. The maximum Gasteiger partial charge on any atom is 0.227 e. The van der Waals surface area contributed by atoms with Gasteiger partial charge in [0.1, 0.15) is 18.0 Å². The molecule has 6 heteroatoms. The van der Waals surface area contributed by atoms with E-state index in [-0.39, 0.29) is 12.5 Å². The third-order valence-corrected chi connectivity index (χ3v) is 4.88. The minimum Gasteiger partial charge on any atom is -0.490 e. The van der Waals surface area contributed by atoms with Gasteiger partial charge in [-0.1, -0.05) is 18.2 Å². The summed E-state index contributed by atoms with van der Waals surface area (Å²) in [5.74, 6) is 0.782. The zero-order valence-corrected chi connectivity index (χ0v) is 15.0. The number of benzene rings is 1. The fraction of sp³-hybridized carbons (Fsp3) is 0.474. The van der Waals surface area contributed by atoms with Gasteiger partial charge in [0.25, 0.3) is 0 Å². The lowest BCUT2D eigenvalue weighted by Crippen LogP contribution is -2.41. The molecule has 0 saturated carbocycles. The van der Waals surface area contributed by atoms with E-state index in [4.69, 9.17) is 4.74 Å². The summed E-state index contributed by atoms with van der Waals surface area (Å²) in [7, 11) is 0. The highest BCUT2D eigenvalue weighted by molar-refractivity contribution is 5.79. The van der Waals surface area contributed by atoms with E-state index >= 15 is 0 Å². The summed E-state index contributed by atoms with van der Waals surface area (Å²) in [6, 6.07) is 7.72. The van der Waals surface area contributed by atoms with Crippen molar-refractivity contribution >= 4 is 5.91 Å². The lowest BCUT2D eigenvalue weighted by molar-refractivity contribution is -0.130. The molecule has 25 heavy (non-hydrogen) atoms. The van der Waals surface area contributed by atoms with Crippen molar-refractivity contribution in [2.45, 2.75) is 39.2 Å². The number of aliphatic hydroxyl groups is 1. The Kier molecular flexibility index (Phi) is 4.81. The summed E-state index contributed by atoms with van der Waals surface area (Å²) in [5.41, 5.74) is 2.74. The molecule has 1 aromatic heterocycles. The molecule has 3 rings (SSSR count). The number of carbonyl (C=O) groups is 1. The average molecular weight is 343 g/mol. The van der Waals surface area contributed by atoms with Gasteiger partial charge in [0, 0.05) is 17.8 Å². The molecule has 1 saturated heterocycles. The normalized spacial score (nSPS) is 20.1. The van der Waals surface area contributed by atoms with Crippen LogP contribution in [-0.4, -0.2) is 51.4 Å². The number of likely N-dealkylation sites (tertiary alicyclic amines) is 1. The number of rotatable bonds is 5. The Bertz CT molecular complexity index is 752. The predicted molar refractivity (Wildman–Crippen MR) is 94.6 cm³/mol. The van der Waals surface area contributed by atoms with Crippen LogP contribution in [0.4, 0.5) is 0 Å². The molecule has 1 aliphatic rings. The highest BCUT2D eigenvalue weighted by Crippen LogP contribution is 2.25. The summed E-state index contributed by atoms with van der Waals surface area (Å²) in [5, 5.41) is 17.8. The number of nitrogens with one attached hydrogen (secondary N) is 1. The third kappa shape index (κ3) is 3.85. The Labute approximate surface area is 147 Å². The van der Waals surface area contributed by atoms with E-state index in [0.29, 0.717) is 25.9 Å². The van der Waals surface area contributed by atoms with Gasteiger partial charge in [0.05, 0.1) is 18.7 Å². The van der Waals surface area contributed by atoms with Crippen LogP contribution in [0.25, 0.3) is 0 Å². The summed E-state index contributed by atoms with van der Waals surface area (Å²) in [4.78, 5) is 14.3. The number of aromatic amines is 1. The molecule has 0 spiro atoms. The SMILES string of the molecule is Cc1ccccc1OC[C@@]1(O)CCN(C(=O)Cc2c(C)n[nH]c2C)C1. The Balaban J connectivity index is 1.58.